The van der Waals surface area contributed by atoms with Crippen molar-refractivity contribution >= 4 is 23.4 Å². The normalized spacial score (nSPS) is 26.4. The van der Waals surface area contributed by atoms with Gasteiger partial charge < -0.3 is 15.5 Å². The van der Waals surface area contributed by atoms with Gasteiger partial charge in [0.25, 0.3) is 0 Å². The number of phenols is 2. The molecule has 3 heterocycles. The minimum absolute atomic E-state index is 0.237. The van der Waals surface area contributed by atoms with E-state index in [0.29, 0.717) is 23.2 Å². The Kier molecular flexibility index (Phi) is 5.08. The molecule has 0 aromatic heterocycles. The molecule has 1 spiro atoms. The molecule has 3 aromatic carbocycles. The maximum absolute atomic E-state index is 13.8. The first-order valence-electron chi connectivity index (χ1n) is 12.0. The van der Waals surface area contributed by atoms with Gasteiger partial charge in [-0.25, -0.2) is 0 Å². The van der Waals surface area contributed by atoms with E-state index in [2.05, 4.69) is 10.6 Å². The van der Waals surface area contributed by atoms with Crippen molar-refractivity contribution in [2.45, 2.75) is 24.4 Å². The highest BCUT2D eigenvalue weighted by molar-refractivity contribution is 6.15. The Morgan fingerprint density at radius 2 is 1.58 bits per heavy atom. The van der Waals surface area contributed by atoms with Gasteiger partial charge in [-0.15, -0.1) is 0 Å². The van der Waals surface area contributed by atoms with Crippen LogP contribution in [0.4, 0.5) is 5.69 Å². The van der Waals surface area contributed by atoms with Gasteiger partial charge in [0, 0.05) is 23.8 Å². The van der Waals surface area contributed by atoms with Crippen LogP contribution in [0.15, 0.2) is 72.8 Å². The zero-order valence-electron chi connectivity index (χ0n) is 19.3. The lowest BCUT2D eigenvalue weighted by atomic mass is 9.76. The molecule has 0 radical (unpaired) electrons. The summed E-state index contributed by atoms with van der Waals surface area (Å²) >= 11 is 0. The van der Waals surface area contributed by atoms with Crippen LogP contribution in [0.3, 0.4) is 0 Å². The number of amides is 3. The Morgan fingerprint density at radius 3 is 2.36 bits per heavy atom. The molecular formula is C28H25N3O5. The van der Waals surface area contributed by atoms with Crippen molar-refractivity contribution in [2.75, 3.05) is 11.9 Å². The van der Waals surface area contributed by atoms with E-state index < -0.39 is 23.4 Å². The standard InChI is InChI=1S/C28H25N3O5/c32-21-11-10-17(15-22(21)33)14-20-23-24(28(30-20)18-8-4-5-9-19(18)29-27(28)36)26(35)31(25(23)34)13-12-16-6-2-1-3-7-16/h1-11,15,20,23-24,30,32-33H,12-14H2,(H,29,36)/t20-,23-,24-,28+/m0/s1. The summed E-state index contributed by atoms with van der Waals surface area (Å²) in [5.41, 5.74) is 1.61. The van der Waals surface area contributed by atoms with Crippen LogP contribution in [0, 0.1) is 11.8 Å². The van der Waals surface area contributed by atoms with Crippen LogP contribution in [0.5, 0.6) is 11.5 Å². The molecule has 3 amide bonds. The molecule has 0 bridgehead atoms. The number of carbonyl (C=O) groups is 3. The van der Waals surface area contributed by atoms with E-state index in [1.807, 2.05) is 48.5 Å². The molecule has 2 saturated heterocycles. The summed E-state index contributed by atoms with van der Waals surface area (Å²) < 4.78 is 0. The minimum Gasteiger partial charge on any atom is -0.504 e. The Morgan fingerprint density at radius 1 is 0.833 bits per heavy atom. The van der Waals surface area contributed by atoms with Crippen molar-refractivity contribution in [3.8, 4) is 11.5 Å². The van der Waals surface area contributed by atoms with Gasteiger partial charge in [-0.1, -0.05) is 54.6 Å². The number of benzene rings is 3. The quantitative estimate of drug-likeness (QED) is 0.327. The fourth-order valence-corrected chi connectivity index (χ4v) is 6.05. The highest BCUT2D eigenvalue weighted by atomic mass is 16.3. The van der Waals surface area contributed by atoms with Crippen LogP contribution in [0.2, 0.25) is 0 Å². The monoisotopic (exact) mass is 483 g/mol. The third-order valence-electron chi connectivity index (χ3n) is 7.68. The van der Waals surface area contributed by atoms with Gasteiger partial charge in [-0.05, 0) is 42.2 Å². The van der Waals surface area contributed by atoms with Gasteiger partial charge in [-0.2, -0.15) is 0 Å². The summed E-state index contributed by atoms with van der Waals surface area (Å²) in [7, 11) is 0. The Hall–Kier alpha value is -4.17. The number of anilines is 1. The van der Waals surface area contributed by atoms with E-state index >= 15 is 0 Å². The summed E-state index contributed by atoms with van der Waals surface area (Å²) in [5, 5.41) is 26.0. The highest BCUT2D eigenvalue weighted by Gasteiger charge is 2.70. The number of imide groups is 1. The number of hydrogen-bond donors (Lipinski definition) is 4. The Balaban J connectivity index is 1.39. The number of likely N-dealkylation sites (tertiary alicyclic amines) is 1. The molecule has 8 nitrogen and oxygen atoms in total. The number of carbonyl (C=O) groups excluding carboxylic acids is 3. The van der Waals surface area contributed by atoms with Gasteiger partial charge in [0.2, 0.25) is 17.7 Å². The highest BCUT2D eigenvalue weighted by Crippen LogP contribution is 2.53. The SMILES string of the molecule is O=C1[C@H]2[C@H](Cc3ccc(O)c(O)c3)N[C@@]3(C(=O)Nc4ccccc43)[C@@H]2C(=O)N1CCc1ccccc1. The van der Waals surface area contributed by atoms with Gasteiger partial charge in [-0.3, -0.25) is 24.6 Å². The largest absolute Gasteiger partial charge is 0.504 e. The van der Waals surface area contributed by atoms with Crippen LogP contribution >= 0.6 is 0 Å². The van der Waals surface area contributed by atoms with Crippen molar-refractivity contribution < 1.29 is 24.6 Å². The van der Waals surface area contributed by atoms with Crippen molar-refractivity contribution in [3.63, 3.8) is 0 Å². The third kappa shape index (κ3) is 3.21. The number of rotatable bonds is 5. The lowest BCUT2D eigenvalue weighted by Gasteiger charge is -2.29. The molecule has 4 N–H and O–H groups in total. The zero-order valence-corrected chi connectivity index (χ0v) is 19.3. The molecular weight excluding hydrogens is 458 g/mol. The molecule has 3 aromatic rings. The maximum atomic E-state index is 13.8. The second-order valence-corrected chi connectivity index (χ2v) is 9.65. The average molecular weight is 484 g/mol. The van der Waals surface area contributed by atoms with Gasteiger partial charge in [0.05, 0.1) is 11.8 Å². The summed E-state index contributed by atoms with van der Waals surface area (Å²) in [5.74, 6) is -3.14. The van der Waals surface area contributed by atoms with Crippen LogP contribution in [0.25, 0.3) is 0 Å². The molecule has 3 aliphatic heterocycles. The van der Waals surface area contributed by atoms with Crippen LogP contribution in [-0.4, -0.2) is 45.4 Å². The van der Waals surface area contributed by atoms with Crippen molar-refractivity contribution in [2.24, 2.45) is 11.8 Å². The number of nitrogens with zero attached hydrogens (tertiary/aromatic N) is 1. The second-order valence-electron chi connectivity index (χ2n) is 9.65. The van der Waals surface area contributed by atoms with Gasteiger partial charge in [0.15, 0.2) is 11.5 Å². The lowest BCUT2D eigenvalue weighted by molar-refractivity contribution is -0.142. The molecule has 36 heavy (non-hydrogen) atoms. The van der Waals surface area contributed by atoms with Crippen LogP contribution in [0.1, 0.15) is 16.7 Å². The summed E-state index contributed by atoms with van der Waals surface area (Å²) in [6.07, 6.45) is 0.815. The second kappa shape index (κ2) is 8.20. The molecule has 182 valence electrons. The Labute approximate surface area is 207 Å². The third-order valence-corrected chi connectivity index (χ3v) is 7.68. The summed E-state index contributed by atoms with van der Waals surface area (Å²) in [6.45, 7) is 0.237. The average Bonchev–Trinajstić information content (AvgIpc) is 3.45. The van der Waals surface area contributed by atoms with Gasteiger partial charge in [0.1, 0.15) is 5.54 Å². The Bertz CT molecular complexity index is 1390. The topological polar surface area (TPSA) is 119 Å². The number of para-hydroxylation sites is 1. The number of hydrogen-bond acceptors (Lipinski definition) is 6. The first kappa shape index (κ1) is 22.3. The zero-order chi connectivity index (χ0) is 25.0. The number of fused-ring (bicyclic) bond motifs is 4. The molecule has 4 atom stereocenters. The fraction of sp³-hybridized carbons (Fsp3) is 0.250. The van der Waals surface area contributed by atoms with Crippen molar-refractivity contribution in [1.82, 2.24) is 10.2 Å². The molecule has 2 fully saturated rings. The predicted molar refractivity (Wildman–Crippen MR) is 131 cm³/mol. The number of nitrogens with one attached hydrogen (secondary N) is 2. The van der Waals surface area contributed by atoms with E-state index in [9.17, 15) is 24.6 Å². The molecule has 0 saturated carbocycles. The van der Waals surface area contributed by atoms with E-state index in [1.165, 1.54) is 17.0 Å². The number of aromatic hydroxyl groups is 2. The van der Waals surface area contributed by atoms with Crippen LogP contribution < -0.4 is 10.6 Å². The predicted octanol–water partition coefficient (Wildman–Crippen LogP) is 2.30. The summed E-state index contributed by atoms with van der Waals surface area (Å²) in [4.78, 5) is 42.4. The fourth-order valence-electron chi connectivity index (χ4n) is 6.05. The molecule has 6 rings (SSSR count). The van der Waals surface area contributed by atoms with Crippen LogP contribution in [-0.2, 0) is 32.8 Å². The smallest absolute Gasteiger partial charge is 0.250 e. The number of phenolic OH excluding ortho intramolecular Hbond substituents is 2. The first-order chi connectivity index (χ1) is 17.4. The minimum atomic E-state index is -1.36. The van der Waals surface area contributed by atoms with Crippen molar-refractivity contribution in [3.05, 3.63) is 89.5 Å². The van der Waals surface area contributed by atoms with E-state index in [0.717, 1.165) is 5.56 Å². The molecule has 3 aliphatic rings. The maximum Gasteiger partial charge on any atom is 0.250 e. The van der Waals surface area contributed by atoms with E-state index in [-0.39, 0.29) is 42.2 Å². The van der Waals surface area contributed by atoms with Crippen molar-refractivity contribution in [1.29, 1.82) is 0 Å². The van der Waals surface area contributed by atoms with Gasteiger partial charge >= 0.3 is 0 Å². The molecule has 8 heteroatoms. The molecule has 0 unspecified atom stereocenters. The summed E-state index contributed by atoms with van der Waals surface area (Å²) in [6, 6.07) is 20.8. The van der Waals surface area contributed by atoms with E-state index in [1.54, 1.807) is 12.1 Å². The lowest BCUT2D eigenvalue weighted by Crippen LogP contribution is -2.53. The first-order valence-corrected chi connectivity index (χ1v) is 12.0. The molecule has 0 aliphatic carbocycles. The van der Waals surface area contributed by atoms with E-state index in [4.69, 9.17) is 0 Å².